The number of nitrogens with zero attached hydrogens (tertiary/aromatic N) is 1. The van der Waals surface area contributed by atoms with Gasteiger partial charge in [-0.1, -0.05) is 43.6 Å². The van der Waals surface area contributed by atoms with Gasteiger partial charge < -0.3 is 19.5 Å². The van der Waals surface area contributed by atoms with Crippen molar-refractivity contribution in [2.24, 2.45) is 0 Å². The lowest BCUT2D eigenvalue weighted by Gasteiger charge is -2.19. The molecule has 37 heavy (non-hydrogen) atoms. The van der Waals surface area contributed by atoms with Crippen LogP contribution in [0.1, 0.15) is 35.7 Å². The van der Waals surface area contributed by atoms with E-state index in [4.69, 9.17) is 25.8 Å². The zero-order valence-corrected chi connectivity index (χ0v) is 21.5. The quantitative estimate of drug-likeness (QED) is 0.239. The Morgan fingerprint density at radius 2 is 1.59 bits per heavy atom. The third-order valence-corrected chi connectivity index (χ3v) is 6.14. The number of carbonyl (C=O) groups excluding carboxylic acids is 3. The molecule has 1 heterocycles. The Morgan fingerprint density at radius 1 is 0.892 bits per heavy atom. The van der Waals surface area contributed by atoms with E-state index in [2.05, 4.69) is 5.32 Å². The number of halogens is 1. The third kappa shape index (κ3) is 5.15. The van der Waals surface area contributed by atoms with Gasteiger partial charge in [0.25, 0.3) is 11.8 Å². The van der Waals surface area contributed by atoms with E-state index in [-0.39, 0.29) is 22.3 Å². The predicted octanol–water partition coefficient (Wildman–Crippen LogP) is 5.48. The Morgan fingerprint density at radius 3 is 2.24 bits per heavy atom. The van der Waals surface area contributed by atoms with Gasteiger partial charge in [0, 0.05) is 11.8 Å². The van der Waals surface area contributed by atoms with Gasteiger partial charge in [-0.2, -0.15) is 0 Å². The first-order chi connectivity index (χ1) is 17.7. The van der Waals surface area contributed by atoms with E-state index >= 15 is 0 Å². The molecule has 0 spiro atoms. The number of rotatable bonds is 8. The molecule has 0 aromatic heterocycles. The van der Waals surface area contributed by atoms with Crippen molar-refractivity contribution in [1.29, 1.82) is 0 Å². The van der Waals surface area contributed by atoms with Gasteiger partial charge in [-0.15, -0.1) is 0 Å². The molecule has 0 saturated carbocycles. The number of ether oxygens (including phenoxy) is 3. The fourth-order valence-corrected chi connectivity index (χ4v) is 4.06. The number of carbonyl (C=O) groups is 3. The zero-order valence-electron chi connectivity index (χ0n) is 20.7. The first-order valence-corrected chi connectivity index (χ1v) is 11.8. The van der Waals surface area contributed by atoms with Gasteiger partial charge in [0.05, 0.1) is 25.5 Å². The van der Waals surface area contributed by atoms with Crippen LogP contribution in [-0.2, 0) is 9.59 Å². The second kappa shape index (κ2) is 10.8. The maximum Gasteiger partial charge on any atom is 0.343 e. The van der Waals surface area contributed by atoms with Crippen LogP contribution in [0.2, 0.25) is 0 Å². The molecule has 1 aliphatic heterocycles. The molecule has 3 aromatic carbocycles. The van der Waals surface area contributed by atoms with Gasteiger partial charge in [0.1, 0.15) is 28.0 Å². The molecule has 0 aliphatic carbocycles. The summed E-state index contributed by atoms with van der Waals surface area (Å²) in [4.78, 5) is 39.7. The molecule has 0 bridgehead atoms. The predicted molar refractivity (Wildman–Crippen MR) is 140 cm³/mol. The maximum atomic E-state index is 13.2. The number of nitrogens with one attached hydrogen (secondary N) is 1. The minimum Gasteiger partial charge on any atom is -0.497 e. The van der Waals surface area contributed by atoms with Crippen molar-refractivity contribution in [2.45, 2.75) is 19.8 Å². The molecule has 1 N–H and O–H groups in total. The highest BCUT2D eigenvalue weighted by atomic mass is 35.5. The summed E-state index contributed by atoms with van der Waals surface area (Å²) in [7, 11) is 2.90. The fraction of sp³-hybridized carbons (Fsp3) is 0.179. The van der Waals surface area contributed by atoms with Gasteiger partial charge in [-0.25, -0.2) is 9.69 Å². The molecule has 0 fully saturated rings. The third-order valence-electron chi connectivity index (χ3n) is 5.79. The first-order valence-electron chi connectivity index (χ1n) is 11.4. The molecule has 1 aliphatic rings. The first kappa shape index (κ1) is 25.8. The topological polar surface area (TPSA) is 94.2 Å². The van der Waals surface area contributed by atoms with Crippen LogP contribution in [0.3, 0.4) is 0 Å². The van der Waals surface area contributed by atoms with Crippen LogP contribution in [0.5, 0.6) is 17.2 Å². The Bertz CT molecular complexity index is 1400. The summed E-state index contributed by atoms with van der Waals surface area (Å²) in [6, 6.07) is 18.4. The minimum atomic E-state index is -0.704. The van der Waals surface area contributed by atoms with E-state index in [9.17, 15) is 14.4 Å². The van der Waals surface area contributed by atoms with Crippen LogP contribution in [0, 0.1) is 0 Å². The molecular formula is C28H25ClN2O6. The van der Waals surface area contributed by atoms with Crippen molar-refractivity contribution in [2.75, 3.05) is 24.4 Å². The number of amides is 2. The Labute approximate surface area is 219 Å². The smallest absolute Gasteiger partial charge is 0.343 e. The van der Waals surface area contributed by atoms with Crippen molar-refractivity contribution in [3.8, 4) is 17.2 Å². The van der Waals surface area contributed by atoms with E-state index in [1.165, 1.54) is 20.3 Å². The Balaban J connectivity index is 1.52. The van der Waals surface area contributed by atoms with Crippen molar-refractivity contribution < 1.29 is 28.6 Å². The van der Waals surface area contributed by atoms with Crippen LogP contribution >= 0.6 is 11.6 Å². The molecule has 4 rings (SSSR count). The lowest BCUT2D eigenvalue weighted by Crippen LogP contribution is -2.32. The maximum absolute atomic E-state index is 13.2. The number of methoxy groups -OCH3 is 2. The van der Waals surface area contributed by atoms with Gasteiger partial charge in [0.15, 0.2) is 0 Å². The average molecular weight is 521 g/mol. The van der Waals surface area contributed by atoms with E-state index < -0.39 is 17.8 Å². The molecule has 0 saturated heterocycles. The monoisotopic (exact) mass is 520 g/mol. The molecule has 9 heteroatoms. The number of esters is 1. The Hall–Kier alpha value is -4.30. The van der Waals surface area contributed by atoms with Crippen LogP contribution in [0.25, 0.3) is 0 Å². The number of hydrogen-bond donors (Lipinski definition) is 1. The van der Waals surface area contributed by atoms with Gasteiger partial charge in [0.2, 0.25) is 0 Å². The number of hydrogen-bond acceptors (Lipinski definition) is 7. The van der Waals surface area contributed by atoms with Gasteiger partial charge >= 0.3 is 5.97 Å². The normalized spacial score (nSPS) is 13.3. The molecule has 8 nitrogen and oxygen atoms in total. The molecule has 190 valence electrons. The van der Waals surface area contributed by atoms with Crippen molar-refractivity contribution >= 4 is 40.8 Å². The molecular weight excluding hydrogens is 496 g/mol. The number of imide groups is 1. The lowest BCUT2D eigenvalue weighted by molar-refractivity contribution is -0.120. The SMILES string of the molecule is COc1ccc(OC)c(N2C(=O)C(Cl)=C(Nc3ccc(C(=O)Oc4ccccc4C(C)C)cc3)C2=O)c1. The van der Waals surface area contributed by atoms with Gasteiger partial charge in [-0.3, -0.25) is 9.59 Å². The zero-order chi connectivity index (χ0) is 26.7. The van der Waals surface area contributed by atoms with Gasteiger partial charge in [-0.05, 0) is 53.9 Å². The molecule has 0 radical (unpaired) electrons. The second-order valence-corrected chi connectivity index (χ2v) is 8.83. The number of anilines is 2. The van der Waals surface area contributed by atoms with Crippen molar-refractivity contribution in [3.05, 3.63) is 88.6 Å². The van der Waals surface area contributed by atoms with Crippen LogP contribution in [0.4, 0.5) is 11.4 Å². The minimum absolute atomic E-state index is 0.0993. The summed E-state index contributed by atoms with van der Waals surface area (Å²) >= 11 is 6.26. The summed E-state index contributed by atoms with van der Waals surface area (Å²) in [5.41, 5.74) is 1.80. The van der Waals surface area contributed by atoms with Crippen LogP contribution in [0.15, 0.2) is 77.5 Å². The van der Waals surface area contributed by atoms with Crippen LogP contribution < -0.4 is 24.4 Å². The molecule has 3 aromatic rings. The van der Waals surface area contributed by atoms with E-state index in [0.29, 0.717) is 28.5 Å². The summed E-state index contributed by atoms with van der Waals surface area (Å²) in [6.45, 7) is 4.04. The highest BCUT2D eigenvalue weighted by Crippen LogP contribution is 2.38. The summed E-state index contributed by atoms with van der Waals surface area (Å²) in [6.07, 6.45) is 0. The number of benzene rings is 3. The van der Waals surface area contributed by atoms with E-state index in [1.807, 2.05) is 32.0 Å². The number of para-hydroxylation sites is 1. The van der Waals surface area contributed by atoms with Crippen LogP contribution in [-0.4, -0.2) is 32.0 Å². The summed E-state index contributed by atoms with van der Waals surface area (Å²) in [5.74, 6) is -0.440. The molecule has 0 unspecified atom stereocenters. The molecule has 2 amide bonds. The highest BCUT2D eigenvalue weighted by Gasteiger charge is 2.40. The highest BCUT2D eigenvalue weighted by molar-refractivity contribution is 6.53. The second-order valence-electron chi connectivity index (χ2n) is 8.46. The van der Waals surface area contributed by atoms with E-state index in [1.54, 1.807) is 42.5 Å². The standard InChI is InChI=1S/C28H25ClN2O6/c1-16(2)20-7-5-6-8-22(20)37-28(34)17-9-11-18(12-10-17)30-25-24(29)26(32)31(27(25)33)21-15-19(35-3)13-14-23(21)36-4/h5-16,30H,1-4H3. The Kier molecular flexibility index (Phi) is 7.50. The largest absolute Gasteiger partial charge is 0.497 e. The van der Waals surface area contributed by atoms with Crippen molar-refractivity contribution in [3.63, 3.8) is 0 Å². The van der Waals surface area contributed by atoms with E-state index in [0.717, 1.165) is 10.5 Å². The summed E-state index contributed by atoms with van der Waals surface area (Å²) < 4.78 is 16.1. The average Bonchev–Trinajstić information content (AvgIpc) is 3.11. The fourth-order valence-electron chi connectivity index (χ4n) is 3.84. The van der Waals surface area contributed by atoms with Crippen molar-refractivity contribution in [1.82, 2.24) is 0 Å². The molecule has 0 atom stereocenters. The summed E-state index contributed by atoms with van der Waals surface area (Å²) in [5, 5.41) is 2.61. The lowest BCUT2D eigenvalue weighted by atomic mass is 10.0.